The van der Waals surface area contributed by atoms with Gasteiger partial charge in [0.1, 0.15) is 0 Å². The standard InChI is InChI=1S/C14H24N4/c1-3-13(15)8-12-9-16-14(17-10-12)18-7-5-4-6-11(18)2/h9-11,13H,3-8,15H2,1-2H3. The molecule has 2 rings (SSSR count). The van der Waals surface area contributed by atoms with Crippen molar-refractivity contribution in [3.63, 3.8) is 0 Å². The van der Waals surface area contributed by atoms with E-state index in [1.54, 1.807) is 0 Å². The van der Waals surface area contributed by atoms with Gasteiger partial charge in [-0.3, -0.25) is 0 Å². The minimum Gasteiger partial charge on any atom is -0.338 e. The van der Waals surface area contributed by atoms with E-state index >= 15 is 0 Å². The normalized spacial score (nSPS) is 21.9. The molecule has 1 fully saturated rings. The monoisotopic (exact) mass is 248 g/mol. The number of piperidine rings is 1. The van der Waals surface area contributed by atoms with Crippen LogP contribution in [0.5, 0.6) is 0 Å². The molecular weight excluding hydrogens is 224 g/mol. The maximum Gasteiger partial charge on any atom is 0.225 e. The summed E-state index contributed by atoms with van der Waals surface area (Å²) in [7, 11) is 0. The molecule has 18 heavy (non-hydrogen) atoms. The van der Waals surface area contributed by atoms with E-state index in [9.17, 15) is 0 Å². The fourth-order valence-electron chi connectivity index (χ4n) is 2.44. The van der Waals surface area contributed by atoms with Crippen molar-refractivity contribution in [2.45, 2.75) is 58.0 Å². The molecule has 0 bridgehead atoms. The van der Waals surface area contributed by atoms with Gasteiger partial charge in [0.25, 0.3) is 0 Å². The van der Waals surface area contributed by atoms with Crippen LogP contribution in [0.15, 0.2) is 12.4 Å². The Balaban J connectivity index is 2.02. The highest BCUT2D eigenvalue weighted by Crippen LogP contribution is 2.21. The van der Waals surface area contributed by atoms with Crippen LogP contribution in [-0.4, -0.2) is 28.6 Å². The molecule has 1 aromatic rings. The number of aromatic nitrogens is 2. The van der Waals surface area contributed by atoms with Crippen molar-refractivity contribution in [2.24, 2.45) is 5.73 Å². The van der Waals surface area contributed by atoms with E-state index in [1.165, 1.54) is 19.3 Å². The van der Waals surface area contributed by atoms with Crippen molar-refractivity contribution < 1.29 is 0 Å². The van der Waals surface area contributed by atoms with Gasteiger partial charge in [-0.05, 0) is 44.6 Å². The van der Waals surface area contributed by atoms with Gasteiger partial charge >= 0.3 is 0 Å². The summed E-state index contributed by atoms with van der Waals surface area (Å²) in [5.74, 6) is 0.871. The Kier molecular flexibility index (Phi) is 4.53. The SMILES string of the molecule is CCC(N)Cc1cnc(N2CCCCC2C)nc1. The molecule has 2 unspecified atom stereocenters. The molecular formula is C14H24N4. The largest absolute Gasteiger partial charge is 0.338 e. The summed E-state index contributed by atoms with van der Waals surface area (Å²) in [5.41, 5.74) is 7.08. The first kappa shape index (κ1) is 13.3. The fourth-order valence-corrected chi connectivity index (χ4v) is 2.44. The molecule has 0 spiro atoms. The Hall–Kier alpha value is -1.16. The molecule has 0 aromatic carbocycles. The molecule has 0 radical (unpaired) electrons. The third kappa shape index (κ3) is 3.19. The number of hydrogen-bond donors (Lipinski definition) is 1. The summed E-state index contributed by atoms with van der Waals surface area (Å²) < 4.78 is 0. The maximum absolute atomic E-state index is 5.94. The molecule has 2 heterocycles. The van der Waals surface area contributed by atoms with Crippen molar-refractivity contribution >= 4 is 5.95 Å². The van der Waals surface area contributed by atoms with Crippen LogP contribution in [0.3, 0.4) is 0 Å². The van der Waals surface area contributed by atoms with E-state index in [0.29, 0.717) is 6.04 Å². The average molecular weight is 248 g/mol. The van der Waals surface area contributed by atoms with Crippen molar-refractivity contribution in [2.75, 3.05) is 11.4 Å². The molecule has 0 amide bonds. The van der Waals surface area contributed by atoms with Crippen LogP contribution in [-0.2, 0) is 6.42 Å². The third-order valence-electron chi connectivity index (χ3n) is 3.77. The van der Waals surface area contributed by atoms with Crippen molar-refractivity contribution in [3.8, 4) is 0 Å². The quantitative estimate of drug-likeness (QED) is 0.887. The molecule has 1 aromatic heterocycles. The van der Waals surface area contributed by atoms with Gasteiger partial charge in [0.05, 0.1) is 0 Å². The first-order chi connectivity index (χ1) is 8.70. The van der Waals surface area contributed by atoms with Gasteiger partial charge < -0.3 is 10.6 Å². The summed E-state index contributed by atoms with van der Waals surface area (Å²) >= 11 is 0. The van der Waals surface area contributed by atoms with Crippen molar-refractivity contribution in [1.29, 1.82) is 0 Å². The smallest absolute Gasteiger partial charge is 0.225 e. The highest BCUT2D eigenvalue weighted by molar-refractivity contribution is 5.32. The number of nitrogens with zero attached hydrogens (tertiary/aromatic N) is 3. The number of rotatable bonds is 4. The average Bonchev–Trinajstić information content (AvgIpc) is 2.40. The number of nitrogens with two attached hydrogens (primary N) is 1. The van der Waals surface area contributed by atoms with Gasteiger partial charge in [-0.25, -0.2) is 9.97 Å². The first-order valence-electron chi connectivity index (χ1n) is 7.04. The summed E-state index contributed by atoms with van der Waals surface area (Å²) in [6, 6.07) is 0.774. The van der Waals surface area contributed by atoms with Crippen LogP contribution < -0.4 is 10.6 Å². The minimum atomic E-state index is 0.216. The molecule has 100 valence electrons. The topological polar surface area (TPSA) is 55.0 Å². The molecule has 0 aliphatic carbocycles. The summed E-state index contributed by atoms with van der Waals surface area (Å²) in [6.07, 6.45) is 9.53. The Morgan fingerprint density at radius 1 is 1.39 bits per heavy atom. The second kappa shape index (κ2) is 6.14. The molecule has 1 aliphatic heterocycles. The van der Waals surface area contributed by atoms with Crippen LogP contribution in [0, 0.1) is 0 Å². The second-order valence-corrected chi connectivity index (χ2v) is 5.30. The lowest BCUT2D eigenvalue weighted by Gasteiger charge is -2.33. The number of hydrogen-bond acceptors (Lipinski definition) is 4. The zero-order valence-corrected chi connectivity index (χ0v) is 11.5. The van der Waals surface area contributed by atoms with Crippen LogP contribution in [0.2, 0.25) is 0 Å². The number of anilines is 1. The molecule has 0 saturated carbocycles. The van der Waals surface area contributed by atoms with E-state index in [2.05, 4.69) is 28.7 Å². The van der Waals surface area contributed by atoms with E-state index < -0.39 is 0 Å². The molecule has 1 saturated heterocycles. The van der Waals surface area contributed by atoms with Crippen LogP contribution >= 0.6 is 0 Å². The van der Waals surface area contributed by atoms with Crippen LogP contribution in [0.1, 0.15) is 45.1 Å². The minimum absolute atomic E-state index is 0.216. The summed E-state index contributed by atoms with van der Waals surface area (Å²) in [6.45, 7) is 5.44. The van der Waals surface area contributed by atoms with Gasteiger partial charge in [-0.15, -0.1) is 0 Å². The highest BCUT2D eigenvalue weighted by Gasteiger charge is 2.20. The molecule has 4 nitrogen and oxygen atoms in total. The van der Waals surface area contributed by atoms with E-state index in [1.807, 2.05) is 12.4 Å². The fraction of sp³-hybridized carbons (Fsp3) is 0.714. The Morgan fingerprint density at radius 2 is 2.11 bits per heavy atom. The highest BCUT2D eigenvalue weighted by atomic mass is 15.3. The Morgan fingerprint density at radius 3 is 2.72 bits per heavy atom. The first-order valence-corrected chi connectivity index (χ1v) is 7.04. The zero-order valence-electron chi connectivity index (χ0n) is 11.5. The van der Waals surface area contributed by atoms with E-state index in [0.717, 1.165) is 30.9 Å². The predicted molar refractivity (Wildman–Crippen MR) is 74.7 cm³/mol. The van der Waals surface area contributed by atoms with Gasteiger partial charge in [-0.1, -0.05) is 6.92 Å². The second-order valence-electron chi connectivity index (χ2n) is 5.30. The molecule has 4 heteroatoms. The maximum atomic E-state index is 5.94. The Bertz CT molecular complexity index is 363. The van der Waals surface area contributed by atoms with E-state index in [-0.39, 0.29) is 6.04 Å². The van der Waals surface area contributed by atoms with Gasteiger partial charge in [0.15, 0.2) is 0 Å². The van der Waals surface area contributed by atoms with Crippen molar-refractivity contribution in [3.05, 3.63) is 18.0 Å². The van der Waals surface area contributed by atoms with E-state index in [4.69, 9.17) is 5.73 Å². The Labute approximate surface area is 110 Å². The lowest BCUT2D eigenvalue weighted by atomic mass is 10.0. The third-order valence-corrected chi connectivity index (χ3v) is 3.77. The predicted octanol–water partition coefficient (Wildman–Crippen LogP) is 2.14. The molecule has 2 atom stereocenters. The van der Waals surface area contributed by atoms with Crippen molar-refractivity contribution in [1.82, 2.24) is 9.97 Å². The lowest BCUT2D eigenvalue weighted by molar-refractivity contribution is 0.476. The molecule has 1 aliphatic rings. The van der Waals surface area contributed by atoms with Gasteiger partial charge in [-0.2, -0.15) is 0 Å². The summed E-state index contributed by atoms with van der Waals surface area (Å²) in [4.78, 5) is 11.3. The van der Waals surface area contributed by atoms with Gasteiger partial charge in [0.2, 0.25) is 5.95 Å². The lowest BCUT2D eigenvalue weighted by Crippen LogP contribution is -2.38. The zero-order chi connectivity index (χ0) is 13.0. The van der Waals surface area contributed by atoms with Gasteiger partial charge in [0, 0.05) is 31.0 Å². The molecule has 2 N–H and O–H groups in total. The van der Waals surface area contributed by atoms with Crippen LogP contribution in [0.4, 0.5) is 5.95 Å². The summed E-state index contributed by atoms with van der Waals surface area (Å²) in [5, 5.41) is 0. The van der Waals surface area contributed by atoms with Crippen LogP contribution in [0.25, 0.3) is 0 Å².